The number of nitrogens with zero attached hydrogens (tertiary/aromatic N) is 1. The van der Waals surface area contributed by atoms with Gasteiger partial charge in [-0.15, -0.1) is 0 Å². The van der Waals surface area contributed by atoms with Crippen LogP contribution in [-0.2, 0) is 9.53 Å². The van der Waals surface area contributed by atoms with Crippen molar-refractivity contribution in [3.05, 3.63) is 46.8 Å². The fraction of sp³-hybridized carbons (Fsp3) is 0.312. The Morgan fingerprint density at radius 3 is 2.64 bits per heavy atom. The van der Waals surface area contributed by atoms with E-state index in [4.69, 9.17) is 9.26 Å². The van der Waals surface area contributed by atoms with Crippen LogP contribution in [0.15, 0.2) is 28.8 Å². The van der Waals surface area contributed by atoms with E-state index in [9.17, 15) is 9.59 Å². The summed E-state index contributed by atoms with van der Waals surface area (Å²) in [4.78, 5) is 23.3. The second-order valence-corrected chi connectivity index (χ2v) is 5.05. The van der Waals surface area contributed by atoms with Gasteiger partial charge >= 0.3 is 5.97 Å². The minimum absolute atomic E-state index is 0.155. The number of ether oxygens (including phenoxy) is 1. The van der Waals surface area contributed by atoms with Crippen LogP contribution in [0.2, 0.25) is 0 Å². The van der Waals surface area contributed by atoms with Gasteiger partial charge in [0, 0.05) is 12.6 Å². The zero-order chi connectivity index (χ0) is 16.3. The molecule has 0 aliphatic rings. The summed E-state index contributed by atoms with van der Waals surface area (Å²) in [5.41, 5.74) is 2.29. The smallest absolute Gasteiger partial charge is 0.344 e. The Bertz CT molecular complexity index is 686. The molecular formula is C16H18N2O4. The zero-order valence-electron chi connectivity index (χ0n) is 13.0. The lowest BCUT2D eigenvalue weighted by Crippen LogP contribution is -2.11. The molecule has 1 atom stereocenters. The Labute approximate surface area is 128 Å². The standard InChI is InChI=1S/C16H18N2O4/c1-9-15(11(3)22-18-9)16(20)21-10(2)13-6-5-7-14(8-13)17-12(4)19/h5-8,10H,1-4H3,(H,17,19). The highest BCUT2D eigenvalue weighted by molar-refractivity contribution is 5.91. The van der Waals surface area contributed by atoms with Crippen molar-refractivity contribution in [3.8, 4) is 0 Å². The van der Waals surface area contributed by atoms with Crippen LogP contribution >= 0.6 is 0 Å². The molecular weight excluding hydrogens is 284 g/mol. The summed E-state index contributed by atoms with van der Waals surface area (Å²) in [7, 11) is 0. The molecule has 6 nitrogen and oxygen atoms in total. The predicted molar refractivity (Wildman–Crippen MR) is 80.6 cm³/mol. The molecule has 0 bridgehead atoms. The summed E-state index contributed by atoms with van der Waals surface area (Å²) in [5, 5.41) is 6.44. The first-order chi connectivity index (χ1) is 10.4. The highest BCUT2D eigenvalue weighted by Crippen LogP contribution is 2.23. The molecule has 2 rings (SSSR count). The van der Waals surface area contributed by atoms with E-state index in [-0.39, 0.29) is 5.91 Å². The van der Waals surface area contributed by atoms with Gasteiger partial charge in [0.05, 0.1) is 5.69 Å². The number of esters is 1. The van der Waals surface area contributed by atoms with Gasteiger partial charge in [-0.2, -0.15) is 0 Å². The molecule has 1 heterocycles. The molecule has 116 valence electrons. The van der Waals surface area contributed by atoms with Crippen LogP contribution in [-0.4, -0.2) is 17.0 Å². The summed E-state index contributed by atoms with van der Waals surface area (Å²) in [5.74, 6) is -0.201. The van der Waals surface area contributed by atoms with E-state index < -0.39 is 12.1 Å². The highest BCUT2D eigenvalue weighted by atomic mass is 16.5. The fourth-order valence-corrected chi connectivity index (χ4v) is 2.13. The van der Waals surface area contributed by atoms with E-state index in [1.54, 1.807) is 39.0 Å². The molecule has 1 unspecified atom stereocenters. The van der Waals surface area contributed by atoms with E-state index in [0.717, 1.165) is 5.56 Å². The van der Waals surface area contributed by atoms with Gasteiger partial charge in [0.1, 0.15) is 17.4 Å². The van der Waals surface area contributed by atoms with Crippen LogP contribution in [0.1, 0.15) is 47.3 Å². The summed E-state index contributed by atoms with van der Waals surface area (Å²) < 4.78 is 10.4. The van der Waals surface area contributed by atoms with Gasteiger partial charge in [0.2, 0.25) is 5.91 Å². The predicted octanol–water partition coefficient (Wildman–Crippen LogP) is 3.17. The first-order valence-electron chi connectivity index (χ1n) is 6.90. The molecule has 0 spiro atoms. The van der Waals surface area contributed by atoms with Crippen molar-refractivity contribution in [3.63, 3.8) is 0 Å². The summed E-state index contributed by atoms with van der Waals surface area (Å²) in [6.45, 7) is 6.56. The van der Waals surface area contributed by atoms with E-state index in [1.165, 1.54) is 6.92 Å². The molecule has 0 aliphatic heterocycles. The van der Waals surface area contributed by atoms with Crippen LogP contribution in [0, 0.1) is 13.8 Å². The number of aryl methyl sites for hydroxylation is 2. The number of hydrogen-bond acceptors (Lipinski definition) is 5. The number of benzene rings is 1. The third-order valence-electron chi connectivity index (χ3n) is 3.20. The van der Waals surface area contributed by atoms with Gasteiger partial charge < -0.3 is 14.6 Å². The molecule has 0 aliphatic carbocycles. The quantitative estimate of drug-likeness (QED) is 0.877. The number of amides is 1. The molecule has 1 aromatic carbocycles. The Kier molecular flexibility index (Phi) is 4.60. The van der Waals surface area contributed by atoms with Crippen LogP contribution in [0.4, 0.5) is 5.69 Å². The van der Waals surface area contributed by atoms with Crippen LogP contribution in [0.5, 0.6) is 0 Å². The van der Waals surface area contributed by atoms with Gasteiger partial charge in [-0.05, 0) is 38.5 Å². The average molecular weight is 302 g/mol. The van der Waals surface area contributed by atoms with E-state index in [1.807, 2.05) is 6.07 Å². The number of carbonyl (C=O) groups is 2. The normalized spacial score (nSPS) is 11.8. The van der Waals surface area contributed by atoms with Gasteiger partial charge in [-0.3, -0.25) is 4.79 Å². The van der Waals surface area contributed by atoms with E-state index in [0.29, 0.717) is 22.7 Å². The first kappa shape index (κ1) is 15.8. The molecule has 22 heavy (non-hydrogen) atoms. The van der Waals surface area contributed by atoms with E-state index >= 15 is 0 Å². The van der Waals surface area contributed by atoms with Crippen molar-refractivity contribution >= 4 is 17.6 Å². The number of anilines is 1. The largest absolute Gasteiger partial charge is 0.454 e. The van der Waals surface area contributed by atoms with Crippen molar-refractivity contribution in [1.82, 2.24) is 5.16 Å². The lowest BCUT2D eigenvalue weighted by molar-refractivity contribution is -0.114. The third-order valence-corrected chi connectivity index (χ3v) is 3.20. The second kappa shape index (κ2) is 6.43. The molecule has 0 radical (unpaired) electrons. The average Bonchev–Trinajstić information content (AvgIpc) is 2.77. The molecule has 1 N–H and O–H groups in total. The summed E-state index contributed by atoms with van der Waals surface area (Å²) in [6.07, 6.45) is -0.463. The lowest BCUT2D eigenvalue weighted by atomic mass is 10.1. The fourth-order valence-electron chi connectivity index (χ4n) is 2.13. The van der Waals surface area contributed by atoms with Gasteiger partial charge in [-0.1, -0.05) is 17.3 Å². The number of hydrogen-bond donors (Lipinski definition) is 1. The monoisotopic (exact) mass is 302 g/mol. The topological polar surface area (TPSA) is 81.4 Å². The first-order valence-corrected chi connectivity index (χ1v) is 6.90. The third kappa shape index (κ3) is 3.52. The highest BCUT2D eigenvalue weighted by Gasteiger charge is 2.21. The minimum atomic E-state index is -0.478. The second-order valence-electron chi connectivity index (χ2n) is 5.05. The molecule has 1 amide bonds. The SMILES string of the molecule is CC(=O)Nc1cccc(C(C)OC(=O)c2c(C)noc2C)c1. The molecule has 2 aromatic rings. The number of carbonyl (C=O) groups excluding carboxylic acids is 2. The van der Waals surface area contributed by atoms with Crippen LogP contribution < -0.4 is 5.32 Å². The maximum absolute atomic E-state index is 12.2. The van der Waals surface area contributed by atoms with Gasteiger partial charge in [0.25, 0.3) is 0 Å². The number of nitrogens with one attached hydrogen (secondary N) is 1. The molecule has 0 saturated heterocycles. The van der Waals surface area contributed by atoms with Crippen molar-refractivity contribution in [2.24, 2.45) is 0 Å². The number of rotatable bonds is 4. The Hall–Kier alpha value is -2.63. The van der Waals surface area contributed by atoms with Gasteiger partial charge in [-0.25, -0.2) is 4.79 Å². The van der Waals surface area contributed by atoms with Gasteiger partial charge in [0.15, 0.2) is 0 Å². The maximum atomic E-state index is 12.2. The van der Waals surface area contributed by atoms with Crippen LogP contribution in [0.25, 0.3) is 0 Å². The summed E-state index contributed by atoms with van der Waals surface area (Å²) >= 11 is 0. The van der Waals surface area contributed by atoms with E-state index in [2.05, 4.69) is 10.5 Å². The Balaban J connectivity index is 2.14. The van der Waals surface area contributed by atoms with Crippen molar-refractivity contribution < 1.29 is 18.8 Å². The Morgan fingerprint density at radius 1 is 1.32 bits per heavy atom. The maximum Gasteiger partial charge on any atom is 0.344 e. The molecule has 0 fully saturated rings. The molecule has 1 aromatic heterocycles. The molecule has 6 heteroatoms. The van der Waals surface area contributed by atoms with Crippen molar-refractivity contribution in [1.29, 1.82) is 0 Å². The lowest BCUT2D eigenvalue weighted by Gasteiger charge is -2.14. The zero-order valence-corrected chi connectivity index (χ0v) is 13.0. The number of aromatic nitrogens is 1. The Morgan fingerprint density at radius 2 is 2.05 bits per heavy atom. The minimum Gasteiger partial charge on any atom is -0.454 e. The van der Waals surface area contributed by atoms with Crippen molar-refractivity contribution in [2.75, 3.05) is 5.32 Å². The molecule has 0 saturated carbocycles. The van der Waals surface area contributed by atoms with Crippen molar-refractivity contribution in [2.45, 2.75) is 33.8 Å². The summed E-state index contributed by atoms with van der Waals surface area (Å²) in [6, 6.07) is 7.16. The van der Waals surface area contributed by atoms with Crippen LogP contribution in [0.3, 0.4) is 0 Å².